The number of aromatic nitrogens is 2. The van der Waals surface area contributed by atoms with Crippen molar-refractivity contribution in [2.45, 2.75) is 19.3 Å². The van der Waals surface area contributed by atoms with E-state index in [4.69, 9.17) is 11.6 Å². The molecule has 0 spiro atoms. The Kier molecular flexibility index (Phi) is 2.80. The Balaban J connectivity index is 2.08. The highest BCUT2D eigenvalue weighted by Gasteiger charge is 2.22. The number of aryl methyl sites for hydroxylation is 2. The highest BCUT2D eigenvalue weighted by molar-refractivity contribution is 7.18. The monoisotopic (exact) mass is 318 g/mol. The van der Waals surface area contributed by atoms with Gasteiger partial charge in [0.25, 0.3) is 5.56 Å². The van der Waals surface area contributed by atoms with Crippen molar-refractivity contribution < 1.29 is 0 Å². The lowest BCUT2D eigenvalue weighted by molar-refractivity contribution is 0.894. The molecule has 1 N–H and O–H groups in total. The van der Waals surface area contributed by atoms with Crippen LogP contribution in [-0.2, 0) is 12.8 Å². The molecule has 1 aliphatic carbocycles. The van der Waals surface area contributed by atoms with Crippen LogP contribution < -0.4 is 11.2 Å². The number of halogens is 1. The fraction of sp³-hybridized carbons (Fsp3) is 0.200. The quantitative estimate of drug-likeness (QED) is 0.750. The number of hydrogen-bond acceptors (Lipinski definition) is 3. The van der Waals surface area contributed by atoms with Crippen molar-refractivity contribution in [2.75, 3.05) is 0 Å². The minimum Gasteiger partial charge on any atom is -0.298 e. The van der Waals surface area contributed by atoms with E-state index in [1.165, 1.54) is 20.8 Å². The van der Waals surface area contributed by atoms with Gasteiger partial charge in [0.15, 0.2) is 0 Å². The summed E-state index contributed by atoms with van der Waals surface area (Å²) in [7, 11) is 0. The van der Waals surface area contributed by atoms with Gasteiger partial charge in [0.2, 0.25) is 0 Å². The number of fused-ring (bicyclic) bond motifs is 3. The SMILES string of the molecule is O=c1[nH]c2sc3c(c2c(=O)n1-c1ccc(Cl)cc1)CCC3. The largest absolute Gasteiger partial charge is 0.334 e. The first-order chi connectivity index (χ1) is 10.1. The number of benzene rings is 1. The predicted molar refractivity (Wildman–Crippen MR) is 85.1 cm³/mol. The first-order valence-corrected chi connectivity index (χ1v) is 7.90. The highest BCUT2D eigenvalue weighted by Crippen LogP contribution is 2.34. The van der Waals surface area contributed by atoms with E-state index in [0.29, 0.717) is 20.9 Å². The number of nitrogens with zero attached hydrogens (tertiary/aromatic N) is 1. The van der Waals surface area contributed by atoms with Crippen molar-refractivity contribution >= 4 is 33.2 Å². The summed E-state index contributed by atoms with van der Waals surface area (Å²) < 4.78 is 1.18. The zero-order chi connectivity index (χ0) is 14.6. The number of thiophene rings is 1. The third-order valence-corrected chi connectivity index (χ3v) is 5.31. The maximum absolute atomic E-state index is 12.8. The molecule has 1 aromatic carbocycles. The fourth-order valence-corrected chi connectivity index (χ4v) is 4.30. The van der Waals surface area contributed by atoms with Crippen molar-refractivity contribution in [1.82, 2.24) is 9.55 Å². The number of aromatic amines is 1. The lowest BCUT2D eigenvalue weighted by atomic mass is 10.2. The average molecular weight is 319 g/mol. The van der Waals surface area contributed by atoms with Crippen molar-refractivity contribution in [3.05, 3.63) is 60.6 Å². The second kappa shape index (κ2) is 4.58. The zero-order valence-electron chi connectivity index (χ0n) is 11.0. The van der Waals surface area contributed by atoms with Gasteiger partial charge in [-0.25, -0.2) is 9.36 Å². The molecule has 0 atom stereocenters. The highest BCUT2D eigenvalue weighted by atomic mass is 35.5. The topological polar surface area (TPSA) is 54.9 Å². The van der Waals surface area contributed by atoms with Gasteiger partial charge in [-0.05, 0) is 49.1 Å². The molecular formula is C15H11ClN2O2S. The minimum atomic E-state index is -0.408. The van der Waals surface area contributed by atoms with Gasteiger partial charge in [-0.2, -0.15) is 0 Å². The van der Waals surface area contributed by atoms with Crippen molar-refractivity contribution in [3.8, 4) is 5.69 Å². The van der Waals surface area contributed by atoms with Gasteiger partial charge in [0.1, 0.15) is 4.83 Å². The number of hydrogen-bond donors (Lipinski definition) is 1. The van der Waals surface area contributed by atoms with Crippen LogP contribution in [0.25, 0.3) is 15.9 Å². The molecule has 0 fully saturated rings. The minimum absolute atomic E-state index is 0.240. The van der Waals surface area contributed by atoms with E-state index in [-0.39, 0.29) is 5.56 Å². The van der Waals surface area contributed by atoms with E-state index < -0.39 is 5.69 Å². The maximum atomic E-state index is 12.8. The summed E-state index contributed by atoms with van der Waals surface area (Å²) >= 11 is 7.39. The van der Waals surface area contributed by atoms with E-state index in [9.17, 15) is 9.59 Å². The summed E-state index contributed by atoms with van der Waals surface area (Å²) in [5.41, 5.74) is 0.995. The van der Waals surface area contributed by atoms with Crippen molar-refractivity contribution in [2.24, 2.45) is 0 Å². The van der Waals surface area contributed by atoms with Gasteiger partial charge in [0.05, 0.1) is 11.1 Å². The van der Waals surface area contributed by atoms with Gasteiger partial charge in [-0.1, -0.05) is 11.6 Å². The standard InChI is InChI=1S/C15H11ClN2O2S/c16-8-4-6-9(7-5-8)18-14(19)12-10-2-1-3-11(10)21-13(12)17-15(18)20/h4-7H,1-3H2,(H,17,20). The smallest absolute Gasteiger partial charge is 0.298 e. The zero-order valence-corrected chi connectivity index (χ0v) is 12.6. The second-order valence-electron chi connectivity index (χ2n) is 5.11. The molecule has 2 heterocycles. The molecule has 0 radical (unpaired) electrons. The normalized spacial score (nSPS) is 13.8. The molecule has 0 bridgehead atoms. The number of rotatable bonds is 1. The molecule has 0 unspecified atom stereocenters. The Morgan fingerprint density at radius 1 is 1.14 bits per heavy atom. The van der Waals surface area contributed by atoms with Gasteiger partial charge in [0, 0.05) is 9.90 Å². The van der Waals surface area contributed by atoms with Crippen LogP contribution in [-0.4, -0.2) is 9.55 Å². The molecule has 106 valence electrons. The molecule has 4 nitrogen and oxygen atoms in total. The summed E-state index contributed by atoms with van der Waals surface area (Å²) in [5, 5.41) is 1.24. The van der Waals surface area contributed by atoms with Crippen LogP contribution in [0.5, 0.6) is 0 Å². The van der Waals surface area contributed by atoms with E-state index in [0.717, 1.165) is 24.8 Å². The fourth-order valence-electron chi connectivity index (χ4n) is 2.90. The Labute approximate surface area is 128 Å². The third-order valence-electron chi connectivity index (χ3n) is 3.85. The molecule has 0 aliphatic heterocycles. The molecule has 0 saturated heterocycles. The predicted octanol–water partition coefficient (Wildman–Crippen LogP) is 2.88. The van der Waals surface area contributed by atoms with Crippen LogP contribution in [0.15, 0.2) is 33.9 Å². The first kappa shape index (κ1) is 12.9. The molecule has 21 heavy (non-hydrogen) atoms. The molecule has 0 amide bonds. The molecule has 1 aliphatic rings. The van der Waals surface area contributed by atoms with Gasteiger partial charge < -0.3 is 0 Å². The first-order valence-electron chi connectivity index (χ1n) is 6.70. The molecule has 3 aromatic rings. The summed E-state index contributed by atoms with van der Waals surface area (Å²) in [6.07, 6.45) is 2.99. The summed E-state index contributed by atoms with van der Waals surface area (Å²) in [6.45, 7) is 0. The van der Waals surface area contributed by atoms with Crippen LogP contribution in [0.4, 0.5) is 0 Å². The number of H-pyrrole nitrogens is 1. The number of nitrogens with one attached hydrogen (secondary N) is 1. The Morgan fingerprint density at radius 3 is 2.67 bits per heavy atom. The average Bonchev–Trinajstić information content (AvgIpc) is 3.00. The molecule has 4 rings (SSSR count). The van der Waals surface area contributed by atoms with Crippen LogP contribution in [0, 0.1) is 0 Å². The molecular weight excluding hydrogens is 308 g/mol. The van der Waals surface area contributed by atoms with E-state index in [2.05, 4.69) is 4.98 Å². The van der Waals surface area contributed by atoms with Crippen molar-refractivity contribution in [3.63, 3.8) is 0 Å². The van der Waals surface area contributed by atoms with Gasteiger partial charge in [-0.3, -0.25) is 9.78 Å². The van der Waals surface area contributed by atoms with E-state index >= 15 is 0 Å². The Bertz CT molecular complexity index is 966. The van der Waals surface area contributed by atoms with E-state index in [1.807, 2.05) is 0 Å². The lowest BCUT2D eigenvalue weighted by Gasteiger charge is -2.05. The van der Waals surface area contributed by atoms with E-state index in [1.54, 1.807) is 24.3 Å². The summed E-state index contributed by atoms with van der Waals surface area (Å²) in [5.74, 6) is 0. The van der Waals surface area contributed by atoms with Crippen LogP contribution >= 0.6 is 22.9 Å². The van der Waals surface area contributed by atoms with Crippen molar-refractivity contribution in [1.29, 1.82) is 0 Å². The van der Waals surface area contributed by atoms with Gasteiger partial charge >= 0.3 is 5.69 Å². The van der Waals surface area contributed by atoms with Crippen LogP contribution in [0.3, 0.4) is 0 Å². The Hall–Kier alpha value is -1.85. The van der Waals surface area contributed by atoms with Crippen LogP contribution in [0.1, 0.15) is 16.9 Å². The molecule has 2 aromatic heterocycles. The maximum Gasteiger partial charge on any atom is 0.334 e. The summed E-state index contributed by atoms with van der Waals surface area (Å²) in [4.78, 5) is 29.8. The molecule has 0 saturated carbocycles. The lowest BCUT2D eigenvalue weighted by Crippen LogP contribution is -2.33. The molecule has 6 heteroatoms. The summed E-state index contributed by atoms with van der Waals surface area (Å²) in [6, 6.07) is 6.70. The van der Waals surface area contributed by atoms with Gasteiger partial charge in [-0.15, -0.1) is 11.3 Å². The Morgan fingerprint density at radius 2 is 1.90 bits per heavy atom. The third kappa shape index (κ3) is 1.88. The second-order valence-corrected chi connectivity index (χ2v) is 6.65. The van der Waals surface area contributed by atoms with Crippen LogP contribution in [0.2, 0.25) is 5.02 Å².